The zero-order valence-electron chi connectivity index (χ0n) is 12.2. The third kappa shape index (κ3) is 3.60. The lowest BCUT2D eigenvalue weighted by Gasteiger charge is -2.09. The van der Waals surface area contributed by atoms with Crippen molar-refractivity contribution < 1.29 is 0 Å². The maximum absolute atomic E-state index is 5.93. The van der Waals surface area contributed by atoms with E-state index in [4.69, 9.17) is 5.73 Å². The van der Waals surface area contributed by atoms with Gasteiger partial charge in [-0.25, -0.2) is 0 Å². The van der Waals surface area contributed by atoms with E-state index in [0.717, 1.165) is 13.0 Å². The van der Waals surface area contributed by atoms with Gasteiger partial charge >= 0.3 is 0 Å². The van der Waals surface area contributed by atoms with E-state index < -0.39 is 0 Å². The molecule has 1 aromatic heterocycles. The van der Waals surface area contributed by atoms with Crippen LogP contribution >= 0.6 is 0 Å². The summed E-state index contributed by atoms with van der Waals surface area (Å²) in [6, 6.07) is 9.04. The van der Waals surface area contributed by atoms with Crippen molar-refractivity contribution in [2.24, 2.45) is 5.73 Å². The minimum Gasteiger partial charge on any atom is -0.347 e. The van der Waals surface area contributed by atoms with Crippen LogP contribution < -0.4 is 5.73 Å². The fourth-order valence-electron chi connectivity index (χ4n) is 2.72. The smallest absolute Gasteiger partial charge is 0.0483 e. The molecule has 1 heterocycles. The maximum atomic E-state index is 5.93. The van der Waals surface area contributed by atoms with Crippen LogP contribution in [0.3, 0.4) is 0 Å². The summed E-state index contributed by atoms with van der Waals surface area (Å²) < 4.78 is 2.38. The van der Waals surface area contributed by atoms with Crippen LogP contribution in [0.15, 0.2) is 30.5 Å². The third-order valence-corrected chi connectivity index (χ3v) is 3.70. The first-order chi connectivity index (χ1) is 9.22. The van der Waals surface area contributed by atoms with Gasteiger partial charge in [0.15, 0.2) is 0 Å². The van der Waals surface area contributed by atoms with Crippen molar-refractivity contribution in [1.82, 2.24) is 4.57 Å². The SMILES string of the molecule is CCCCCCn1ccc2c(CC(C)N)cccc21. The Kier molecular flexibility index (Phi) is 5.03. The van der Waals surface area contributed by atoms with Gasteiger partial charge in [0, 0.05) is 29.7 Å². The van der Waals surface area contributed by atoms with Gasteiger partial charge in [-0.1, -0.05) is 38.3 Å². The molecule has 0 spiro atoms. The lowest BCUT2D eigenvalue weighted by Crippen LogP contribution is -2.17. The molecular weight excluding hydrogens is 232 g/mol. The van der Waals surface area contributed by atoms with Crippen LogP contribution in [-0.2, 0) is 13.0 Å². The van der Waals surface area contributed by atoms with Gasteiger partial charge in [-0.3, -0.25) is 0 Å². The fourth-order valence-corrected chi connectivity index (χ4v) is 2.72. The van der Waals surface area contributed by atoms with E-state index in [1.807, 2.05) is 0 Å². The molecule has 0 bridgehead atoms. The first-order valence-electron chi connectivity index (χ1n) is 7.54. The van der Waals surface area contributed by atoms with Gasteiger partial charge in [-0.2, -0.15) is 0 Å². The second-order valence-electron chi connectivity index (χ2n) is 5.60. The first kappa shape index (κ1) is 14.1. The van der Waals surface area contributed by atoms with Gasteiger partial charge in [0.25, 0.3) is 0 Å². The quantitative estimate of drug-likeness (QED) is 0.744. The standard InChI is InChI=1S/C17H26N2/c1-3-4-5-6-11-19-12-10-16-15(13-14(2)18)8-7-9-17(16)19/h7-10,12,14H,3-6,11,13,18H2,1-2H3. The summed E-state index contributed by atoms with van der Waals surface area (Å²) in [6.07, 6.45) is 8.42. The third-order valence-electron chi connectivity index (χ3n) is 3.70. The number of benzene rings is 1. The molecule has 0 aliphatic rings. The molecule has 104 valence electrons. The second kappa shape index (κ2) is 6.76. The number of fused-ring (bicyclic) bond motifs is 1. The van der Waals surface area contributed by atoms with Gasteiger partial charge in [0.2, 0.25) is 0 Å². The molecule has 0 saturated carbocycles. The molecule has 2 N–H and O–H groups in total. The van der Waals surface area contributed by atoms with Crippen molar-refractivity contribution in [3.8, 4) is 0 Å². The van der Waals surface area contributed by atoms with Crippen molar-refractivity contribution >= 4 is 10.9 Å². The number of aryl methyl sites for hydroxylation is 1. The Balaban J connectivity index is 2.14. The van der Waals surface area contributed by atoms with Crippen LogP contribution in [0, 0.1) is 0 Å². The number of hydrogen-bond donors (Lipinski definition) is 1. The Bertz CT molecular complexity index is 511. The molecule has 1 unspecified atom stereocenters. The molecule has 19 heavy (non-hydrogen) atoms. The average molecular weight is 258 g/mol. The van der Waals surface area contributed by atoms with Crippen LogP contribution in [0.2, 0.25) is 0 Å². The van der Waals surface area contributed by atoms with E-state index in [0.29, 0.717) is 0 Å². The molecule has 0 aliphatic heterocycles. The molecule has 1 aromatic carbocycles. The molecule has 0 saturated heterocycles. The van der Waals surface area contributed by atoms with E-state index in [1.165, 1.54) is 42.1 Å². The second-order valence-corrected chi connectivity index (χ2v) is 5.60. The topological polar surface area (TPSA) is 30.9 Å². The summed E-state index contributed by atoms with van der Waals surface area (Å²) in [7, 11) is 0. The highest BCUT2D eigenvalue weighted by Gasteiger charge is 2.06. The highest BCUT2D eigenvalue weighted by atomic mass is 14.9. The maximum Gasteiger partial charge on any atom is 0.0483 e. The largest absolute Gasteiger partial charge is 0.347 e. The van der Waals surface area contributed by atoms with Crippen molar-refractivity contribution in [1.29, 1.82) is 0 Å². The molecule has 2 heteroatoms. The lowest BCUT2D eigenvalue weighted by atomic mass is 10.0. The monoisotopic (exact) mass is 258 g/mol. The summed E-state index contributed by atoms with van der Waals surface area (Å²) in [6.45, 7) is 5.46. The summed E-state index contributed by atoms with van der Waals surface area (Å²) >= 11 is 0. The zero-order chi connectivity index (χ0) is 13.7. The van der Waals surface area contributed by atoms with E-state index in [1.54, 1.807) is 0 Å². The molecule has 2 aromatic rings. The first-order valence-corrected chi connectivity index (χ1v) is 7.54. The molecule has 0 fully saturated rings. The van der Waals surface area contributed by atoms with Gasteiger partial charge in [0.05, 0.1) is 0 Å². The Hall–Kier alpha value is -1.28. The van der Waals surface area contributed by atoms with Crippen LogP contribution in [-0.4, -0.2) is 10.6 Å². The number of nitrogens with zero attached hydrogens (tertiary/aromatic N) is 1. The highest BCUT2D eigenvalue weighted by Crippen LogP contribution is 2.22. The van der Waals surface area contributed by atoms with Crippen molar-refractivity contribution in [3.63, 3.8) is 0 Å². The lowest BCUT2D eigenvalue weighted by molar-refractivity contribution is 0.593. The van der Waals surface area contributed by atoms with E-state index >= 15 is 0 Å². The summed E-state index contributed by atoms with van der Waals surface area (Å²) in [5.41, 5.74) is 8.66. The fraction of sp³-hybridized carbons (Fsp3) is 0.529. The minimum atomic E-state index is 0.221. The number of nitrogens with two attached hydrogens (primary N) is 1. The predicted octanol–water partition coefficient (Wildman–Crippen LogP) is 4.11. The van der Waals surface area contributed by atoms with Gasteiger partial charge < -0.3 is 10.3 Å². The zero-order valence-corrected chi connectivity index (χ0v) is 12.2. The van der Waals surface area contributed by atoms with Crippen LogP contribution in [0.25, 0.3) is 10.9 Å². The Morgan fingerprint density at radius 3 is 2.74 bits per heavy atom. The normalized spacial score (nSPS) is 13.0. The minimum absolute atomic E-state index is 0.221. The van der Waals surface area contributed by atoms with Crippen molar-refractivity contribution in [3.05, 3.63) is 36.0 Å². The molecule has 1 atom stereocenters. The van der Waals surface area contributed by atoms with Crippen LogP contribution in [0.5, 0.6) is 0 Å². The average Bonchev–Trinajstić information content (AvgIpc) is 2.79. The molecule has 2 nitrogen and oxygen atoms in total. The molecule has 0 aliphatic carbocycles. The molecular formula is C17H26N2. The van der Waals surface area contributed by atoms with Crippen molar-refractivity contribution in [2.45, 2.75) is 58.5 Å². The summed E-state index contributed by atoms with van der Waals surface area (Å²) in [5, 5.41) is 1.37. The number of unbranched alkanes of at least 4 members (excludes halogenated alkanes) is 3. The summed E-state index contributed by atoms with van der Waals surface area (Å²) in [5.74, 6) is 0. The van der Waals surface area contributed by atoms with E-state index in [9.17, 15) is 0 Å². The highest BCUT2D eigenvalue weighted by molar-refractivity contribution is 5.83. The Morgan fingerprint density at radius 1 is 1.16 bits per heavy atom. The van der Waals surface area contributed by atoms with E-state index in [2.05, 4.69) is 48.9 Å². The van der Waals surface area contributed by atoms with Gasteiger partial charge in [0.1, 0.15) is 0 Å². The van der Waals surface area contributed by atoms with Crippen LogP contribution in [0.1, 0.15) is 45.1 Å². The van der Waals surface area contributed by atoms with Gasteiger partial charge in [-0.15, -0.1) is 0 Å². The van der Waals surface area contributed by atoms with Crippen LogP contribution in [0.4, 0.5) is 0 Å². The predicted molar refractivity (Wildman–Crippen MR) is 83.4 cm³/mol. The molecule has 0 amide bonds. The Morgan fingerprint density at radius 2 is 2.00 bits per heavy atom. The summed E-state index contributed by atoms with van der Waals surface area (Å²) in [4.78, 5) is 0. The number of rotatable bonds is 7. The van der Waals surface area contributed by atoms with E-state index in [-0.39, 0.29) is 6.04 Å². The molecule has 2 rings (SSSR count). The van der Waals surface area contributed by atoms with Gasteiger partial charge in [-0.05, 0) is 37.5 Å². The van der Waals surface area contributed by atoms with Crippen molar-refractivity contribution in [2.75, 3.05) is 0 Å². The molecule has 0 radical (unpaired) electrons. The number of hydrogen-bond acceptors (Lipinski definition) is 1. The Labute approximate surface area is 116 Å². The number of aromatic nitrogens is 1.